The molecule has 96 valence electrons. The molecule has 0 bridgehead atoms. The Labute approximate surface area is 104 Å². The molecule has 0 aromatic heterocycles. The van der Waals surface area contributed by atoms with Gasteiger partial charge in [0.2, 0.25) is 0 Å². The summed E-state index contributed by atoms with van der Waals surface area (Å²) in [5, 5.41) is 0. The van der Waals surface area contributed by atoms with Gasteiger partial charge in [-0.1, -0.05) is 12.1 Å². The van der Waals surface area contributed by atoms with Crippen LogP contribution in [0.5, 0.6) is 5.75 Å². The third kappa shape index (κ3) is 3.29. The van der Waals surface area contributed by atoms with E-state index in [1.165, 1.54) is 0 Å². The second-order valence-electron chi connectivity index (χ2n) is 3.78. The second kappa shape index (κ2) is 6.16. The zero-order valence-electron chi connectivity index (χ0n) is 11.1. The van der Waals surface area contributed by atoms with Crippen molar-refractivity contribution >= 4 is 8.80 Å². The van der Waals surface area contributed by atoms with Gasteiger partial charge in [0.1, 0.15) is 5.75 Å². The van der Waals surface area contributed by atoms with Gasteiger partial charge in [-0.3, -0.25) is 0 Å². The SMILES string of the molecule is COc1ccc(C[Si](OC)(OC)OC)cc1C. The molecule has 0 amide bonds. The van der Waals surface area contributed by atoms with E-state index in [0.29, 0.717) is 6.04 Å². The molecule has 4 nitrogen and oxygen atoms in total. The van der Waals surface area contributed by atoms with E-state index in [0.717, 1.165) is 16.9 Å². The summed E-state index contributed by atoms with van der Waals surface area (Å²) in [6, 6.07) is 6.68. The van der Waals surface area contributed by atoms with Crippen LogP contribution in [0, 0.1) is 6.92 Å². The first-order valence-corrected chi connectivity index (χ1v) is 7.33. The van der Waals surface area contributed by atoms with Crippen molar-refractivity contribution < 1.29 is 18.0 Å². The Morgan fingerprint density at radius 3 is 2.00 bits per heavy atom. The molecule has 0 unspecified atom stereocenters. The van der Waals surface area contributed by atoms with Gasteiger partial charge in [-0.2, -0.15) is 0 Å². The zero-order chi connectivity index (χ0) is 12.9. The van der Waals surface area contributed by atoms with Gasteiger partial charge in [-0.05, 0) is 24.1 Å². The summed E-state index contributed by atoms with van der Waals surface area (Å²) in [5.74, 6) is 0.883. The van der Waals surface area contributed by atoms with E-state index in [9.17, 15) is 0 Å². The molecule has 0 aliphatic carbocycles. The van der Waals surface area contributed by atoms with Crippen LogP contribution in [0.15, 0.2) is 18.2 Å². The highest BCUT2D eigenvalue weighted by Crippen LogP contribution is 2.21. The normalized spacial score (nSPS) is 11.6. The van der Waals surface area contributed by atoms with Crippen LogP contribution in [0.25, 0.3) is 0 Å². The fraction of sp³-hybridized carbons (Fsp3) is 0.500. The van der Waals surface area contributed by atoms with Crippen molar-refractivity contribution in [2.75, 3.05) is 28.4 Å². The van der Waals surface area contributed by atoms with Crippen molar-refractivity contribution in [1.82, 2.24) is 0 Å². The summed E-state index contributed by atoms with van der Waals surface area (Å²) in [4.78, 5) is 0. The average Bonchev–Trinajstić information content (AvgIpc) is 2.36. The first kappa shape index (κ1) is 14.2. The molecular formula is C12H20O4Si. The maximum atomic E-state index is 5.40. The molecule has 0 atom stereocenters. The van der Waals surface area contributed by atoms with Crippen molar-refractivity contribution in [1.29, 1.82) is 0 Å². The summed E-state index contributed by atoms with van der Waals surface area (Å²) in [6.07, 6.45) is 0. The monoisotopic (exact) mass is 256 g/mol. The smallest absolute Gasteiger partial charge is 0.496 e. The van der Waals surface area contributed by atoms with Crippen LogP contribution in [-0.4, -0.2) is 37.2 Å². The third-order valence-corrected chi connectivity index (χ3v) is 5.52. The maximum Gasteiger partial charge on any atom is 0.504 e. The average molecular weight is 256 g/mol. The minimum absolute atomic E-state index is 0.654. The van der Waals surface area contributed by atoms with Gasteiger partial charge >= 0.3 is 8.80 Å². The fourth-order valence-corrected chi connectivity index (χ4v) is 3.42. The van der Waals surface area contributed by atoms with Crippen LogP contribution >= 0.6 is 0 Å². The Balaban J connectivity index is 2.90. The van der Waals surface area contributed by atoms with E-state index in [4.69, 9.17) is 18.0 Å². The minimum Gasteiger partial charge on any atom is -0.496 e. The Hall–Kier alpha value is -0.883. The van der Waals surface area contributed by atoms with Gasteiger partial charge in [0, 0.05) is 27.4 Å². The number of hydrogen-bond acceptors (Lipinski definition) is 4. The van der Waals surface area contributed by atoms with Gasteiger partial charge < -0.3 is 18.0 Å². The van der Waals surface area contributed by atoms with E-state index >= 15 is 0 Å². The lowest BCUT2D eigenvalue weighted by Gasteiger charge is -2.24. The standard InChI is InChI=1S/C12H20O4Si/c1-10-8-11(6-7-12(10)13-2)9-17(14-3,15-4)16-5/h6-8H,9H2,1-5H3. The third-order valence-electron chi connectivity index (χ3n) is 2.81. The van der Waals surface area contributed by atoms with Crippen molar-refractivity contribution in [3.05, 3.63) is 29.3 Å². The maximum absolute atomic E-state index is 5.40. The zero-order valence-corrected chi connectivity index (χ0v) is 12.1. The van der Waals surface area contributed by atoms with E-state index in [2.05, 4.69) is 6.07 Å². The Morgan fingerprint density at radius 1 is 1.00 bits per heavy atom. The van der Waals surface area contributed by atoms with Gasteiger partial charge in [0.15, 0.2) is 0 Å². The summed E-state index contributed by atoms with van der Waals surface area (Å²) < 4.78 is 21.4. The second-order valence-corrected chi connectivity index (χ2v) is 6.72. The highest BCUT2D eigenvalue weighted by atomic mass is 28.4. The number of aryl methyl sites for hydroxylation is 1. The molecule has 1 aromatic carbocycles. The molecule has 0 aliphatic rings. The lowest BCUT2D eigenvalue weighted by Crippen LogP contribution is -2.45. The van der Waals surface area contributed by atoms with Crippen molar-refractivity contribution in [2.45, 2.75) is 13.0 Å². The van der Waals surface area contributed by atoms with Crippen LogP contribution in [0.3, 0.4) is 0 Å². The Kier molecular flexibility index (Phi) is 5.14. The fourth-order valence-electron chi connectivity index (χ4n) is 1.77. The predicted molar refractivity (Wildman–Crippen MR) is 68.2 cm³/mol. The van der Waals surface area contributed by atoms with E-state index < -0.39 is 8.80 Å². The van der Waals surface area contributed by atoms with E-state index in [-0.39, 0.29) is 0 Å². The van der Waals surface area contributed by atoms with Gasteiger partial charge in [-0.25, -0.2) is 0 Å². The number of rotatable bonds is 6. The van der Waals surface area contributed by atoms with Gasteiger partial charge in [0.05, 0.1) is 7.11 Å². The lowest BCUT2D eigenvalue weighted by molar-refractivity contribution is 0.122. The summed E-state index contributed by atoms with van der Waals surface area (Å²) in [7, 11) is 3.98. The van der Waals surface area contributed by atoms with Crippen LogP contribution in [0.2, 0.25) is 0 Å². The molecule has 1 rings (SSSR count). The molecule has 0 aliphatic heterocycles. The van der Waals surface area contributed by atoms with Gasteiger partial charge in [-0.15, -0.1) is 0 Å². The summed E-state index contributed by atoms with van der Waals surface area (Å²) >= 11 is 0. The van der Waals surface area contributed by atoms with Crippen LogP contribution < -0.4 is 4.74 Å². The molecule has 0 heterocycles. The Bertz CT molecular complexity index is 355. The highest BCUT2D eigenvalue weighted by molar-refractivity contribution is 6.60. The molecule has 0 spiro atoms. The first-order chi connectivity index (χ1) is 8.10. The number of ether oxygens (including phenoxy) is 1. The molecule has 0 radical (unpaired) electrons. The van der Waals surface area contributed by atoms with E-state index in [1.54, 1.807) is 28.4 Å². The first-order valence-electron chi connectivity index (χ1n) is 5.39. The quantitative estimate of drug-likeness (QED) is 0.729. The topological polar surface area (TPSA) is 36.9 Å². The molecular weight excluding hydrogens is 236 g/mol. The predicted octanol–water partition coefficient (Wildman–Crippen LogP) is 1.96. The number of benzene rings is 1. The summed E-state index contributed by atoms with van der Waals surface area (Å²) in [6.45, 7) is 2.01. The molecule has 0 saturated heterocycles. The molecule has 1 aromatic rings. The molecule has 5 heteroatoms. The molecule has 0 saturated carbocycles. The largest absolute Gasteiger partial charge is 0.504 e. The number of methoxy groups -OCH3 is 1. The van der Waals surface area contributed by atoms with Crippen LogP contribution in [-0.2, 0) is 19.3 Å². The van der Waals surface area contributed by atoms with E-state index in [1.807, 2.05) is 19.1 Å². The van der Waals surface area contributed by atoms with Crippen molar-refractivity contribution in [2.24, 2.45) is 0 Å². The lowest BCUT2D eigenvalue weighted by atomic mass is 10.1. The van der Waals surface area contributed by atoms with Crippen molar-refractivity contribution in [3.63, 3.8) is 0 Å². The molecule has 0 fully saturated rings. The van der Waals surface area contributed by atoms with Crippen LogP contribution in [0.4, 0.5) is 0 Å². The summed E-state index contributed by atoms with van der Waals surface area (Å²) in [5.41, 5.74) is 2.22. The number of hydrogen-bond donors (Lipinski definition) is 0. The van der Waals surface area contributed by atoms with Crippen molar-refractivity contribution in [3.8, 4) is 5.75 Å². The van der Waals surface area contributed by atoms with Crippen LogP contribution in [0.1, 0.15) is 11.1 Å². The van der Waals surface area contributed by atoms with Gasteiger partial charge in [0.25, 0.3) is 0 Å². The Morgan fingerprint density at radius 2 is 1.59 bits per heavy atom. The molecule has 17 heavy (non-hydrogen) atoms. The minimum atomic E-state index is -2.55. The molecule has 0 N–H and O–H groups in total. The highest BCUT2D eigenvalue weighted by Gasteiger charge is 2.38.